The molecule has 1 unspecified atom stereocenters. The standard InChI is InChI=1S/C26H29F2N4O3P/c1-13-8-14(9-19(29)25(13)35-3)16-6-7-30-12-21(16)32-26(33)20-5-4-17(27)24(31-20)23-18(28)10-15(34-2)11-22(23)36/h4-7,10-14,19,25H,8-9,29,36H2,1-3H3,(H,32,33)/t13-,14+,19+,25+/m0/s1. The van der Waals surface area contributed by atoms with Crippen LogP contribution in [0.2, 0.25) is 0 Å². The number of methoxy groups -OCH3 is 2. The topological polar surface area (TPSA) is 99.4 Å². The minimum Gasteiger partial charge on any atom is -0.497 e. The summed E-state index contributed by atoms with van der Waals surface area (Å²) in [5.74, 6) is -1.40. The summed E-state index contributed by atoms with van der Waals surface area (Å²) in [5, 5.41) is 3.20. The number of hydrogen-bond donors (Lipinski definition) is 2. The van der Waals surface area contributed by atoms with E-state index in [1.807, 2.05) is 6.07 Å². The van der Waals surface area contributed by atoms with Gasteiger partial charge in [-0.1, -0.05) is 6.92 Å². The van der Waals surface area contributed by atoms with Crippen molar-refractivity contribution in [3.8, 4) is 17.0 Å². The summed E-state index contributed by atoms with van der Waals surface area (Å²) in [6, 6.07) is 6.77. The highest BCUT2D eigenvalue weighted by Crippen LogP contribution is 2.39. The molecule has 1 aliphatic carbocycles. The second-order valence-electron chi connectivity index (χ2n) is 9.03. The molecule has 5 atom stereocenters. The van der Waals surface area contributed by atoms with E-state index in [1.54, 1.807) is 25.6 Å². The third-order valence-corrected chi connectivity index (χ3v) is 7.11. The smallest absolute Gasteiger partial charge is 0.274 e. The quantitative estimate of drug-likeness (QED) is 0.482. The van der Waals surface area contributed by atoms with Gasteiger partial charge in [-0.3, -0.25) is 9.78 Å². The summed E-state index contributed by atoms with van der Waals surface area (Å²) in [4.78, 5) is 21.5. The van der Waals surface area contributed by atoms with Gasteiger partial charge in [0.25, 0.3) is 5.91 Å². The lowest BCUT2D eigenvalue weighted by molar-refractivity contribution is 0.00983. The van der Waals surface area contributed by atoms with Crippen LogP contribution >= 0.6 is 9.24 Å². The molecule has 36 heavy (non-hydrogen) atoms. The maximum Gasteiger partial charge on any atom is 0.274 e. The van der Waals surface area contributed by atoms with Crippen LogP contribution in [0.1, 0.15) is 41.7 Å². The van der Waals surface area contributed by atoms with Gasteiger partial charge in [-0.05, 0) is 59.8 Å². The van der Waals surface area contributed by atoms with Crippen molar-refractivity contribution >= 4 is 26.1 Å². The molecule has 0 aliphatic heterocycles. The Labute approximate surface area is 211 Å². The Balaban J connectivity index is 1.62. The molecule has 7 nitrogen and oxygen atoms in total. The lowest BCUT2D eigenvalue weighted by Crippen LogP contribution is -2.45. The van der Waals surface area contributed by atoms with E-state index in [0.717, 1.165) is 24.1 Å². The molecule has 0 radical (unpaired) electrons. The SMILES string of the molecule is COc1cc(F)c(-c2nc(C(=O)Nc3cnccc3[C@H]3C[C@@H](N)[C@H](OC)[C@@H](C)C3)ccc2F)c(P)c1. The zero-order valence-electron chi connectivity index (χ0n) is 20.3. The van der Waals surface area contributed by atoms with Crippen molar-refractivity contribution < 1.29 is 23.0 Å². The fourth-order valence-electron chi connectivity index (χ4n) is 4.99. The first-order valence-electron chi connectivity index (χ1n) is 11.6. The normalized spacial score (nSPS) is 21.8. The van der Waals surface area contributed by atoms with E-state index >= 15 is 0 Å². The Hall–Kier alpha value is -3.00. The van der Waals surface area contributed by atoms with Crippen molar-refractivity contribution in [3.63, 3.8) is 0 Å². The number of carbonyl (C=O) groups excluding carboxylic acids is 1. The number of ether oxygens (including phenoxy) is 2. The van der Waals surface area contributed by atoms with Crippen LogP contribution < -0.4 is 21.1 Å². The van der Waals surface area contributed by atoms with Gasteiger partial charge in [0.05, 0.1) is 25.1 Å². The first kappa shape index (κ1) is 26.1. The molecule has 1 fully saturated rings. The van der Waals surface area contributed by atoms with Crippen molar-refractivity contribution in [2.24, 2.45) is 11.7 Å². The molecule has 0 spiro atoms. The molecule has 3 aromatic rings. The largest absolute Gasteiger partial charge is 0.497 e. The van der Waals surface area contributed by atoms with Gasteiger partial charge in [-0.25, -0.2) is 13.8 Å². The Morgan fingerprint density at radius 3 is 2.61 bits per heavy atom. The monoisotopic (exact) mass is 514 g/mol. The number of halogens is 2. The molecule has 1 aliphatic rings. The minimum absolute atomic E-state index is 0.0251. The van der Waals surface area contributed by atoms with Crippen LogP contribution in [-0.2, 0) is 4.74 Å². The molecule has 190 valence electrons. The van der Waals surface area contributed by atoms with Gasteiger partial charge in [0.15, 0.2) is 0 Å². The third-order valence-electron chi connectivity index (χ3n) is 6.66. The Kier molecular flexibility index (Phi) is 7.93. The van der Waals surface area contributed by atoms with Crippen LogP contribution in [0, 0.1) is 17.6 Å². The van der Waals surface area contributed by atoms with Crippen molar-refractivity contribution in [3.05, 3.63) is 65.6 Å². The molecule has 0 saturated heterocycles. The van der Waals surface area contributed by atoms with E-state index in [0.29, 0.717) is 17.4 Å². The first-order chi connectivity index (χ1) is 17.2. The fourth-order valence-corrected chi connectivity index (χ4v) is 5.43. The van der Waals surface area contributed by atoms with Crippen molar-refractivity contribution in [1.29, 1.82) is 0 Å². The van der Waals surface area contributed by atoms with Gasteiger partial charge in [-0.2, -0.15) is 0 Å². The van der Waals surface area contributed by atoms with Gasteiger partial charge in [0, 0.05) is 31.0 Å². The molecule has 2 aromatic heterocycles. The number of aromatic nitrogens is 2. The molecule has 4 rings (SSSR count). The van der Waals surface area contributed by atoms with E-state index in [-0.39, 0.29) is 46.7 Å². The first-order valence-corrected chi connectivity index (χ1v) is 12.1. The maximum atomic E-state index is 14.8. The lowest BCUT2D eigenvalue weighted by Gasteiger charge is -2.38. The van der Waals surface area contributed by atoms with Gasteiger partial charge >= 0.3 is 0 Å². The zero-order chi connectivity index (χ0) is 26.0. The number of anilines is 1. The molecule has 2 heterocycles. The predicted molar refractivity (Wildman–Crippen MR) is 138 cm³/mol. The van der Waals surface area contributed by atoms with E-state index < -0.39 is 17.5 Å². The number of benzene rings is 1. The summed E-state index contributed by atoms with van der Waals surface area (Å²) in [7, 11) is 5.42. The van der Waals surface area contributed by atoms with Crippen LogP contribution in [-0.4, -0.2) is 42.2 Å². The van der Waals surface area contributed by atoms with Crippen LogP contribution in [0.5, 0.6) is 5.75 Å². The van der Waals surface area contributed by atoms with Gasteiger partial charge in [-0.15, -0.1) is 9.24 Å². The van der Waals surface area contributed by atoms with E-state index in [1.165, 1.54) is 13.2 Å². The van der Waals surface area contributed by atoms with E-state index in [2.05, 4.69) is 31.4 Å². The molecule has 0 bridgehead atoms. The highest BCUT2D eigenvalue weighted by molar-refractivity contribution is 7.28. The van der Waals surface area contributed by atoms with Crippen LogP contribution in [0.25, 0.3) is 11.3 Å². The number of nitrogens with two attached hydrogens (primary N) is 1. The fraction of sp³-hybridized carbons (Fsp3) is 0.346. The van der Waals surface area contributed by atoms with Gasteiger partial charge in [0.2, 0.25) is 0 Å². The van der Waals surface area contributed by atoms with Crippen molar-refractivity contribution in [2.75, 3.05) is 19.5 Å². The van der Waals surface area contributed by atoms with E-state index in [4.69, 9.17) is 15.2 Å². The summed E-state index contributed by atoms with van der Waals surface area (Å²) in [6.45, 7) is 2.10. The Morgan fingerprint density at radius 1 is 1.17 bits per heavy atom. The van der Waals surface area contributed by atoms with Gasteiger partial charge in [0.1, 0.15) is 28.8 Å². The highest BCUT2D eigenvalue weighted by Gasteiger charge is 2.35. The van der Waals surface area contributed by atoms with Crippen molar-refractivity contribution in [2.45, 2.75) is 37.8 Å². The maximum absolute atomic E-state index is 14.8. The number of nitrogens with zero attached hydrogens (tertiary/aromatic N) is 2. The van der Waals surface area contributed by atoms with Crippen LogP contribution in [0.15, 0.2) is 42.7 Å². The second kappa shape index (κ2) is 10.9. The molecule has 10 heteroatoms. The minimum atomic E-state index is -0.751. The third kappa shape index (κ3) is 5.24. The zero-order valence-corrected chi connectivity index (χ0v) is 21.4. The molecular formula is C26H29F2N4O3P. The summed E-state index contributed by atoms with van der Waals surface area (Å²) >= 11 is 0. The number of hydrogen-bond acceptors (Lipinski definition) is 6. The Morgan fingerprint density at radius 2 is 1.94 bits per heavy atom. The average molecular weight is 515 g/mol. The number of nitrogens with one attached hydrogen (secondary N) is 1. The second-order valence-corrected chi connectivity index (χ2v) is 9.65. The van der Waals surface area contributed by atoms with Gasteiger partial charge < -0.3 is 20.5 Å². The molecule has 3 N–H and O–H groups in total. The Bertz CT molecular complexity index is 1240. The highest BCUT2D eigenvalue weighted by atomic mass is 31.0. The van der Waals surface area contributed by atoms with Crippen LogP contribution in [0.3, 0.4) is 0 Å². The lowest BCUT2D eigenvalue weighted by atomic mass is 9.74. The number of amides is 1. The molecule has 1 amide bonds. The summed E-state index contributed by atoms with van der Waals surface area (Å²) in [5.41, 5.74) is 7.41. The summed E-state index contributed by atoms with van der Waals surface area (Å²) in [6.07, 6.45) is 4.75. The number of carbonyl (C=O) groups is 1. The molecular weight excluding hydrogens is 485 g/mol. The number of pyridine rings is 2. The average Bonchev–Trinajstić information content (AvgIpc) is 2.84. The van der Waals surface area contributed by atoms with Crippen LogP contribution in [0.4, 0.5) is 14.5 Å². The summed E-state index contributed by atoms with van der Waals surface area (Å²) < 4.78 is 40.1. The van der Waals surface area contributed by atoms with Crippen molar-refractivity contribution in [1.82, 2.24) is 9.97 Å². The molecule has 1 aromatic carbocycles. The molecule has 1 saturated carbocycles. The predicted octanol–water partition coefficient (Wildman–Crippen LogP) is 4.04. The van der Waals surface area contributed by atoms with E-state index in [9.17, 15) is 13.6 Å². The number of rotatable bonds is 6.